The van der Waals surface area contributed by atoms with E-state index in [1.165, 1.54) is 0 Å². The van der Waals surface area contributed by atoms with Gasteiger partial charge in [0, 0.05) is 24.8 Å². The number of hydrogen-bond donors (Lipinski definition) is 3. The lowest BCUT2D eigenvalue weighted by Crippen LogP contribution is -2.24. The summed E-state index contributed by atoms with van der Waals surface area (Å²) in [7, 11) is 0. The molecule has 2 aromatic rings. The van der Waals surface area contributed by atoms with E-state index in [0.29, 0.717) is 17.8 Å². The van der Waals surface area contributed by atoms with Crippen LogP contribution in [-0.2, 0) is 0 Å². The highest BCUT2D eigenvalue weighted by Gasteiger charge is 2.04. The first-order valence-corrected chi connectivity index (χ1v) is 7.46. The maximum Gasteiger partial charge on any atom is 0.251 e. The second-order valence-electron chi connectivity index (χ2n) is 5.15. The van der Waals surface area contributed by atoms with Crippen LogP contribution >= 0.6 is 0 Å². The van der Waals surface area contributed by atoms with E-state index < -0.39 is 0 Å². The third-order valence-corrected chi connectivity index (χ3v) is 3.43. The molecular formula is C17H22N4O. The molecule has 1 amide bonds. The van der Waals surface area contributed by atoms with Crippen LogP contribution in [0.25, 0.3) is 0 Å². The molecule has 116 valence electrons. The fourth-order valence-electron chi connectivity index (χ4n) is 2.06. The molecule has 4 N–H and O–H groups in total. The van der Waals surface area contributed by atoms with E-state index in [2.05, 4.69) is 15.6 Å². The number of aryl methyl sites for hydroxylation is 1. The molecule has 0 spiro atoms. The van der Waals surface area contributed by atoms with Gasteiger partial charge in [0.25, 0.3) is 5.91 Å². The molecule has 2 rings (SSSR count). The summed E-state index contributed by atoms with van der Waals surface area (Å²) in [5, 5.41) is 6.14. The first-order chi connectivity index (χ1) is 10.7. The van der Waals surface area contributed by atoms with Crippen molar-refractivity contribution in [2.45, 2.75) is 19.8 Å². The van der Waals surface area contributed by atoms with Crippen molar-refractivity contribution in [2.24, 2.45) is 0 Å². The van der Waals surface area contributed by atoms with Gasteiger partial charge in [-0.2, -0.15) is 0 Å². The number of benzene rings is 1. The summed E-state index contributed by atoms with van der Waals surface area (Å²) in [6.07, 6.45) is 3.58. The normalized spacial score (nSPS) is 10.2. The summed E-state index contributed by atoms with van der Waals surface area (Å²) in [5.74, 6) is 0.700. The highest BCUT2D eigenvalue weighted by molar-refractivity contribution is 5.94. The Morgan fingerprint density at radius 3 is 2.64 bits per heavy atom. The van der Waals surface area contributed by atoms with Gasteiger partial charge in [0.05, 0.1) is 5.69 Å². The Bertz CT molecular complexity index is 613. The number of anilines is 2. The number of rotatable bonds is 7. The van der Waals surface area contributed by atoms with Crippen LogP contribution in [0.4, 0.5) is 11.5 Å². The van der Waals surface area contributed by atoms with Gasteiger partial charge in [-0.25, -0.2) is 4.98 Å². The number of pyridine rings is 1. The third-order valence-electron chi connectivity index (χ3n) is 3.43. The van der Waals surface area contributed by atoms with Gasteiger partial charge in [-0.3, -0.25) is 4.79 Å². The number of nitrogens with one attached hydrogen (secondary N) is 2. The van der Waals surface area contributed by atoms with Gasteiger partial charge in [0.2, 0.25) is 0 Å². The van der Waals surface area contributed by atoms with Gasteiger partial charge >= 0.3 is 0 Å². The van der Waals surface area contributed by atoms with Crippen LogP contribution in [0.5, 0.6) is 0 Å². The molecule has 0 aliphatic carbocycles. The molecule has 0 saturated heterocycles. The summed E-state index contributed by atoms with van der Waals surface area (Å²) < 4.78 is 0. The zero-order chi connectivity index (χ0) is 15.8. The number of amides is 1. The zero-order valence-corrected chi connectivity index (χ0v) is 12.8. The molecular weight excluding hydrogens is 276 g/mol. The van der Waals surface area contributed by atoms with Crippen molar-refractivity contribution in [3.05, 3.63) is 53.7 Å². The van der Waals surface area contributed by atoms with E-state index in [0.717, 1.165) is 30.8 Å². The lowest BCUT2D eigenvalue weighted by molar-refractivity contribution is 0.0953. The van der Waals surface area contributed by atoms with E-state index in [-0.39, 0.29) is 5.91 Å². The molecule has 1 aromatic carbocycles. The molecule has 1 aromatic heterocycles. The largest absolute Gasteiger partial charge is 0.396 e. The van der Waals surface area contributed by atoms with Crippen molar-refractivity contribution in [3.63, 3.8) is 0 Å². The van der Waals surface area contributed by atoms with Crippen LogP contribution < -0.4 is 16.4 Å². The zero-order valence-electron chi connectivity index (χ0n) is 12.8. The minimum absolute atomic E-state index is 0.0295. The Balaban J connectivity index is 1.64. The van der Waals surface area contributed by atoms with Gasteiger partial charge in [-0.05, 0) is 43.5 Å². The number of aromatic nitrogens is 1. The van der Waals surface area contributed by atoms with E-state index in [9.17, 15) is 4.79 Å². The molecule has 0 radical (unpaired) electrons. The van der Waals surface area contributed by atoms with Crippen molar-refractivity contribution in [1.82, 2.24) is 10.3 Å². The van der Waals surface area contributed by atoms with Crippen molar-refractivity contribution < 1.29 is 4.79 Å². The maximum atomic E-state index is 11.8. The Morgan fingerprint density at radius 1 is 1.14 bits per heavy atom. The van der Waals surface area contributed by atoms with E-state index in [1.54, 1.807) is 6.20 Å². The second-order valence-corrected chi connectivity index (χ2v) is 5.15. The molecule has 0 atom stereocenters. The van der Waals surface area contributed by atoms with Gasteiger partial charge in [0.15, 0.2) is 0 Å². The summed E-state index contributed by atoms with van der Waals surface area (Å²) in [5.41, 5.74) is 8.35. The van der Waals surface area contributed by atoms with Crippen molar-refractivity contribution in [2.75, 3.05) is 24.1 Å². The second kappa shape index (κ2) is 8.02. The van der Waals surface area contributed by atoms with Crippen LogP contribution in [-0.4, -0.2) is 24.0 Å². The Labute approximate surface area is 130 Å². The Hall–Kier alpha value is -2.56. The number of nitrogens with zero attached hydrogens (tertiary/aromatic N) is 1. The average Bonchev–Trinajstić information content (AvgIpc) is 2.55. The first kappa shape index (κ1) is 15.8. The van der Waals surface area contributed by atoms with Crippen molar-refractivity contribution in [1.29, 1.82) is 0 Å². The molecule has 22 heavy (non-hydrogen) atoms. The number of carbonyl (C=O) groups excluding carboxylic acids is 1. The molecule has 5 heteroatoms. The van der Waals surface area contributed by atoms with Crippen LogP contribution in [0.3, 0.4) is 0 Å². The number of hydrogen-bond acceptors (Lipinski definition) is 4. The first-order valence-electron chi connectivity index (χ1n) is 7.46. The van der Waals surface area contributed by atoms with Crippen molar-refractivity contribution in [3.8, 4) is 0 Å². The topological polar surface area (TPSA) is 80.0 Å². The summed E-state index contributed by atoms with van der Waals surface area (Å²) in [6.45, 7) is 3.40. The highest BCUT2D eigenvalue weighted by atomic mass is 16.1. The monoisotopic (exact) mass is 298 g/mol. The Morgan fingerprint density at radius 2 is 1.86 bits per heavy atom. The van der Waals surface area contributed by atoms with Gasteiger partial charge in [-0.15, -0.1) is 0 Å². The average molecular weight is 298 g/mol. The fraction of sp³-hybridized carbons (Fsp3) is 0.294. The van der Waals surface area contributed by atoms with E-state index >= 15 is 0 Å². The molecule has 0 fully saturated rings. The summed E-state index contributed by atoms with van der Waals surface area (Å²) in [4.78, 5) is 16.0. The molecule has 5 nitrogen and oxygen atoms in total. The molecule has 0 unspecified atom stereocenters. The van der Waals surface area contributed by atoms with Gasteiger partial charge < -0.3 is 16.4 Å². The lowest BCUT2D eigenvalue weighted by Gasteiger charge is -2.10. The third kappa shape index (κ3) is 4.48. The van der Waals surface area contributed by atoms with Crippen molar-refractivity contribution >= 4 is 17.4 Å². The number of unbranched alkanes of at least 4 members (excludes halogenated alkanes) is 1. The minimum atomic E-state index is -0.0295. The quantitative estimate of drug-likeness (QED) is 0.686. The highest BCUT2D eigenvalue weighted by Crippen LogP contribution is 2.18. The van der Waals surface area contributed by atoms with Crippen LogP contribution in [0, 0.1) is 6.92 Å². The summed E-state index contributed by atoms with van der Waals surface area (Å²) >= 11 is 0. The standard InChI is InChI=1S/C17H22N4O/c1-13-9-12-20-16(15(13)18)19-10-5-6-11-21-17(22)14-7-3-2-4-8-14/h2-4,7-9,12H,5-6,10-11,18H2,1H3,(H,19,20)(H,21,22). The molecule has 0 bridgehead atoms. The number of nitrogens with two attached hydrogens (primary N) is 1. The molecule has 1 heterocycles. The fourth-order valence-corrected chi connectivity index (χ4v) is 2.06. The van der Waals surface area contributed by atoms with Crippen LogP contribution in [0.15, 0.2) is 42.6 Å². The Kier molecular flexibility index (Phi) is 5.77. The van der Waals surface area contributed by atoms with E-state index in [4.69, 9.17) is 5.73 Å². The molecule has 0 saturated carbocycles. The number of carbonyl (C=O) groups is 1. The van der Waals surface area contributed by atoms with Crippen LogP contribution in [0.2, 0.25) is 0 Å². The predicted molar refractivity (Wildman–Crippen MR) is 89.9 cm³/mol. The number of nitrogen functional groups attached to an aromatic ring is 1. The predicted octanol–water partition coefficient (Wildman–Crippen LogP) is 2.59. The van der Waals surface area contributed by atoms with Gasteiger partial charge in [-0.1, -0.05) is 18.2 Å². The lowest BCUT2D eigenvalue weighted by atomic mass is 10.2. The SMILES string of the molecule is Cc1ccnc(NCCCCNC(=O)c2ccccc2)c1N. The van der Waals surface area contributed by atoms with E-state index in [1.807, 2.05) is 43.3 Å². The molecule has 0 aliphatic rings. The molecule has 0 aliphatic heterocycles. The summed E-state index contributed by atoms with van der Waals surface area (Å²) in [6, 6.07) is 11.1. The maximum absolute atomic E-state index is 11.8. The van der Waals surface area contributed by atoms with Gasteiger partial charge in [0.1, 0.15) is 5.82 Å². The minimum Gasteiger partial charge on any atom is -0.396 e. The van der Waals surface area contributed by atoms with Crippen LogP contribution in [0.1, 0.15) is 28.8 Å². The smallest absolute Gasteiger partial charge is 0.251 e.